The molecule has 0 amide bonds. The van der Waals surface area contributed by atoms with Crippen molar-refractivity contribution in [2.45, 2.75) is 76.4 Å². The van der Waals surface area contributed by atoms with E-state index >= 15 is 0 Å². The van der Waals surface area contributed by atoms with E-state index < -0.39 is 17.5 Å². The molecule has 0 unspecified atom stereocenters. The van der Waals surface area contributed by atoms with Crippen LogP contribution in [0, 0.1) is 35.2 Å². The van der Waals surface area contributed by atoms with Crippen molar-refractivity contribution in [1.29, 1.82) is 0 Å². The van der Waals surface area contributed by atoms with Gasteiger partial charge in [-0.25, -0.2) is 13.2 Å². The average Bonchev–Trinajstić information content (AvgIpc) is 3.24. The quantitative estimate of drug-likeness (QED) is 0.541. The molecule has 0 N–H and O–H groups in total. The van der Waals surface area contributed by atoms with E-state index in [4.69, 9.17) is 9.47 Å². The first-order chi connectivity index (χ1) is 13.6. The Morgan fingerprint density at radius 1 is 0.750 bits per heavy atom. The van der Waals surface area contributed by atoms with E-state index in [0.29, 0.717) is 17.4 Å². The Morgan fingerprint density at radius 2 is 1.32 bits per heavy atom. The smallest absolute Gasteiger partial charge is 0.194 e. The summed E-state index contributed by atoms with van der Waals surface area (Å²) < 4.78 is 52.3. The second kappa shape index (κ2) is 9.17. The SMILES string of the molecule is Fc1cc([C@H]2CC[C@H]([C@H]3OC[C@H](CCC4CCCC4)CO3)CC2)cc(F)c1F. The lowest BCUT2D eigenvalue weighted by Gasteiger charge is -2.38. The Hall–Kier alpha value is -1.07. The number of benzene rings is 1. The molecule has 0 bridgehead atoms. The first-order valence-corrected chi connectivity index (χ1v) is 11.0. The molecule has 3 fully saturated rings. The fraction of sp³-hybridized carbons (Fsp3) is 0.739. The first kappa shape index (κ1) is 20.2. The molecule has 0 atom stereocenters. The summed E-state index contributed by atoms with van der Waals surface area (Å²) in [7, 11) is 0. The molecule has 2 saturated carbocycles. The zero-order valence-corrected chi connectivity index (χ0v) is 16.5. The second-order valence-electron chi connectivity index (χ2n) is 9.04. The topological polar surface area (TPSA) is 18.5 Å². The van der Waals surface area contributed by atoms with Crippen molar-refractivity contribution in [2.24, 2.45) is 17.8 Å². The number of hydrogen-bond donors (Lipinski definition) is 0. The summed E-state index contributed by atoms with van der Waals surface area (Å²) in [6.07, 6.45) is 11.4. The van der Waals surface area contributed by atoms with E-state index in [-0.39, 0.29) is 12.2 Å². The molecule has 5 heteroatoms. The summed E-state index contributed by atoms with van der Waals surface area (Å²) >= 11 is 0. The van der Waals surface area contributed by atoms with Crippen LogP contribution in [0.25, 0.3) is 0 Å². The molecule has 0 aromatic heterocycles. The van der Waals surface area contributed by atoms with Crippen LogP contribution in [0.4, 0.5) is 13.2 Å². The lowest BCUT2D eigenvalue weighted by atomic mass is 9.78. The van der Waals surface area contributed by atoms with Crippen molar-refractivity contribution in [3.8, 4) is 0 Å². The van der Waals surface area contributed by atoms with Gasteiger partial charge in [-0.15, -0.1) is 0 Å². The predicted octanol–water partition coefficient (Wildman–Crippen LogP) is 6.34. The highest BCUT2D eigenvalue weighted by molar-refractivity contribution is 5.23. The van der Waals surface area contributed by atoms with Gasteiger partial charge in [-0.05, 0) is 61.6 Å². The third-order valence-corrected chi connectivity index (χ3v) is 7.08. The Morgan fingerprint density at radius 3 is 1.93 bits per heavy atom. The van der Waals surface area contributed by atoms with Gasteiger partial charge in [0, 0.05) is 11.8 Å². The van der Waals surface area contributed by atoms with Crippen LogP contribution < -0.4 is 0 Å². The molecule has 28 heavy (non-hydrogen) atoms. The van der Waals surface area contributed by atoms with Gasteiger partial charge in [0.25, 0.3) is 0 Å². The van der Waals surface area contributed by atoms with Crippen LogP contribution in [0.2, 0.25) is 0 Å². The lowest BCUT2D eigenvalue weighted by Crippen LogP contribution is -2.38. The summed E-state index contributed by atoms with van der Waals surface area (Å²) in [6.45, 7) is 1.57. The molecule has 3 aliphatic rings. The molecule has 1 aliphatic heterocycles. The highest BCUT2D eigenvalue weighted by Crippen LogP contribution is 2.40. The molecular formula is C23H31F3O2. The molecule has 156 valence electrons. The summed E-state index contributed by atoms with van der Waals surface area (Å²) in [4.78, 5) is 0. The van der Waals surface area contributed by atoms with Crippen LogP contribution in [-0.2, 0) is 9.47 Å². The molecule has 0 radical (unpaired) electrons. The fourth-order valence-corrected chi connectivity index (χ4v) is 5.30. The Labute approximate surface area is 165 Å². The maximum atomic E-state index is 13.5. The number of ether oxygens (including phenoxy) is 2. The van der Waals surface area contributed by atoms with Crippen LogP contribution in [0.3, 0.4) is 0 Å². The van der Waals surface area contributed by atoms with Crippen molar-refractivity contribution >= 4 is 0 Å². The Kier molecular flexibility index (Phi) is 6.62. The van der Waals surface area contributed by atoms with Crippen LogP contribution in [0.5, 0.6) is 0 Å². The van der Waals surface area contributed by atoms with Gasteiger partial charge in [-0.3, -0.25) is 0 Å². The van der Waals surface area contributed by atoms with Crippen LogP contribution in [-0.4, -0.2) is 19.5 Å². The number of halogens is 3. The van der Waals surface area contributed by atoms with Gasteiger partial charge in [-0.2, -0.15) is 0 Å². The molecule has 1 aromatic rings. The van der Waals surface area contributed by atoms with Gasteiger partial charge in [-0.1, -0.05) is 32.1 Å². The van der Waals surface area contributed by atoms with Crippen molar-refractivity contribution < 1.29 is 22.6 Å². The monoisotopic (exact) mass is 396 g/mol. The van der Waals surface area contributed by atoms with Crippen molar-refractivity contribution in [1.82, 2.24) is 0 Å². The minimum absolute atomic E-state index is 0.0728. The molecule has 0 spiro atoms. The zero-order valence-electron chi connectivity index (χ0n) is 16.5. The summed E-state index contributed by atoms with van der Waals surface area (Å²) in [5, 5.41) is 0. The van der Waals surface area contributed by atoms with Crippen LogP contribution in [0.15, 0.2) is 12.1 Å². The minimum atomic E-state index is -1.39. The van der Waals surface area contributed by atoms with Gasteiger partial charge < -0.3 is 9.47 Å². The fourth-order valence-electron chi connectivity index (χ4n) is 5.30. The van der Waals surface area contributed by atoms with Crippen LogP contribution in [0.1, 0.15) is 75.7 Å². The standard InChI is InChI=1S/C23H31F3O2/c24-20-11-19(12-21(25)22(20)26)17-7-9-18(10-8-17)23-27-13-16(14-28-23)6-5-15-3-1-2-4-15/h11-12,15-18,23H,1-10,13-14H2/t16-,17-,18-,23-. The number of rotatable bonds is 5. The Balaban J connectivity index is 1.21. The number of hydrogen-bond acceptors (Lipinski definition) is 2. The zero-order chi connectivity index (χ0) is 19.5. The molecular weight excluding hydrogens is 365 g/mol. The maximum Gasteiger partial charge on any atom is 0.194 e. The van der Waals surface area contributed by atoms with Crippen molar-refractivity contribution in [3.05, 3.63) is 35.1 Å². The largest absolute Gasteiger partial charge is 0.352 e. The van der Waals surface area contributed by atoms with Gasteiger partial charge in [0.05, 0.1) is 13.2 Å². The predicted molar refractivity (Wildman–Crippen MR) is 101 cm³/mol. The van der Waals surface area contributed by atoms with Crippen molar-refractivity contribution in [3.63, 3.8) is 0 Å². The summed E-state index contributed by atoms with van der Waals surface area (Å²) in [5.74, 6) is -1.75. The molecule has 1 aromatic carbocycles. The summed E-state index contributed by atoms with van der Waals surface area (Å²) in [6, 6.07) is 2.29. The van der Waals surface area contributed by atoms with Gasteiger partial charge >= 0.3 is 0 Å². The normalized spacial score (nSPS) is 32.0. The maximum absolute atomic E-state index is 13.5. The van der Waals surface area contributed by atoms with E-state index in [1.54, 1.807) is 0 Å². The molecule has 4 rings (SSSR count). The van der Waals surface area contributed by atoms with Gasteiger partial charge in [0.15, 0.2) is 23.7 Å². The highest BCUT2D eigenvalue weighted by Gasteiger charge is 2.33. The summed E-state index contributed by atoms with van der Waals surface area (Å²) in [5.41, 5.74) is 0.562. The van der Waals surface area contributed by atoms with E-state index in [9.17, 15) is 13.2 Å². The highest BCUT2D eigenvalue weighted by atomic mass is 19.2. The molecule has 1 heterocycles. The third kappa shape index (κ3) is 4.73. The van der Waals surface area contributed by atoms with Gasteiger partial charge in [0.1, 0.15) is 0 Å². The first-order valence-electron chi connectivity index (χ1n) is 11.0. The van der Waals surface area contributed by atoms with E-state index in [0.717, 1.165) is 56.9 Å². The third-order valence-electron chi connectivity index (χ3n) is 7.08. The van der Waals surface area contributed by atoms with Crippen LogP contribution >= 0.6 is 0 Å². The Bertz CT molecular complexity index is 620. The average molecular weight is 396 g/mol. The minimum Gasteiger partial charge on any atom is -0.352 e. The van der Waals surface area contributed by atoms with E-state index in [1.165, 1.54) is 38.5 Å². The molecule has 2 aliphatic carbocycles. The van der Waals surface area contributed by atoms with Gasteiger partial charge in [0.2, 0.25) is 0 Å². The second-order valence-corrected chi connectivity index (χ2v) is 9.04. The van der Waals surface area contributed by atoms with E-state index in [2.05, 4.69) is 0 Å². The van der Waals surface area contributed by atoms with E-state index in [1.807, 2.05) is 0 Å². The molecule has 2 nitrogen and oxygen atoms in total. The van der Waals surface area contributed by atoms with Crippen molar-refractivity contribution in [2.75, 3.05) is 13.2 Å². The lowest BCUT2D eigenvalue weighted by molar-refractivity contribution is -0.229. The molecule has 1 saturated heterocycles.